The van der Waals surface area contributed by atoms with E-state index in [1.165, 1.54) is 11.1 Å². The minimum absolute atomic E-state index is 0.0367. The van der Waals surface area contributed by atoms with Crippen LogP contribution in [0.5, 0.6) is 5.75 Å². The lowest BCUT2D eigenvalue weighted by Gasteiger charge is -2.45. The minimum Gasteiger partial charge on any atom is -0.490 e. The van der Waals surface area contributed by atoms with Crippen molar-refractivity contribution in [3.63, 3.8) is 0 Å². The van der Waals surface area contributed by atoms with Gasteiger partial charge in [-0.3, -0.25) is 4.79 Å². The molecule has 2 bridgehead atoms. The number of aliphatic hydroxyl groups excluding tert-OH is 1. The molecule has 0 radical (unpaired) electrons. The number of carbonyl (C=O) groups is 1. The number of nitrogens with zero attached hydrogens (tertiary/aromatic N) is 1. The molecule has 2 aromatic rings. The first kappa shape index (κ1) is 28.2. The molecule has 5 aliphatic rings. The molecule has 3 aliphatic heterocycles. The summed E-state index contributed by atoms with van der Waals surface area (Å²) in [6.45, 7) is 2.23. The number of nitrogens with one attached hydrogen (secondary N) is 1. The molecule has 0 unspecified atom stereocenters. The van der Waals surface area contributed by atoms with Gasteiger partial charge in [0.05, 0.1) is 31.6 Å². The van der Waals surface area contributed by atoms with Gasteiger partial charge >= 0.3 is 0 Å². The van der Waals surface area contributed by atoms with E-state index in [1.54, 1.807) is 18.2 Å². The molecule has 2 fully saturated rings. The van der Waals surface area contributed by atoms with Gasteiger partial charge in [-0.1, -0.05) is 29.8 Å². The van der Waals surface area contributed by atoms with Crippen LogP contribution >= 0.6 is 11.6 Å². The summed E-state index contributed by atoms with van der Waals surface area (Å²) in [5, 5.41) is 11.0. The largest absolute Gasteiger partial charge is 0.490 e. The Morgan fingerprint density at radius 3 is 2.81 bits per heavy atom. The Bertz CT molecular complexity index is 1530. The van der Waals surface area contributed by atoms with Gasteiger partial charge in [-0.2, -0.15) is 0 Å². The fourth-order valence-corrected chi connectivity index (χ4v) is 9.44. The standard InChI is InChI=1S/C32H37ClN2O6S/c33-24-8-10-26-20(13-24)4-2-12-32(26)18-35-15-22-6-9-25(22)28(36)5-1-3-23-16-40-17-30(23)42(38,39)34-31(37)21-7-11-29(41-19-32)27(35)14-21/h1,5,7-8,10-11,13-14,22-23,25,28,30,36H,2-4,6,9,12,15-19H2,(H,34,37)/b5-1+/t22-,23-,25+,28-,30-,32-/m0/s1. The van der Waals surface area contributed by atoms with Gasteiger partial charge in [0.2, 0.25) is 10.0 Å². The maximum atomic E-state index is 13.4. The lowest BCUT2D eigenvalue weighted by Crippen LogP contribution is -2.49. The minimum atomic E-state index is -3.99. The third-order valence-electron chi connectivity index (χ3n) is 10.2. The van der Waals surface area contributed by atoms with E-state index in [2.05, 4.69) is 21.8 Å². The third kappa shape index (κ3) is 5.02. The summed E-state index contributed by atoms with van der Waals surface area (Å²) < 4.78 is 41.0. The summed E-state index contributed by atoms with van der Waals surface area (Å²) in [5.41, 5.74) is 3.29. The van der Waals surface area contributed by atoms with Crippen LogP contribution < -0.4 is 14.4 Å². The Morgan fingerprint density at radius 2 is 1.98 bits per heavy atom. The molecule has 42 heavy (non-hydrogen) atoms. The fourth-order valence-electron chi connectivity index (χ4n) is 7.75. The highest BCUT2D eigenvalue weighted by molar-refractivity contribution is 7.90. The van der Waals surface area contributed by atoms with Crippen molar-refractivity contribution in [2.24, 2.45) is 17.8 Å². The van der Waals surface area contributed by atoms with Crippen molar-refractivity contribution in [2.75, 3.05) is 37.8 Å². The third-order valence-corrected chi connectivity index (χ3v) is 12.2. The molecule has 1 saturated heterocycles. The number of sulfonamides is 1. The number of rotatable bonds is 0. The molecular weight excluding hydrogens is 576 g/mol. The van der Waals surface area contributed by atoms with Crippen LogP contribution in [0.2, 0.25) is 5.02 Å². The molecular formula is C32H37ClN2O6S. The fraction of sp³-hybridized carbons (Fsp3) is 0.531. The predicted molar refractivity (Wildman–Crippen MR) is 161 cm³/mol. The van der Waals surface area contributed by atoms with Crippen LogP contribution in [0.25, 0.3) is 0 Å². The van der Waals surface area contributed by atoms with E-state index < -0.39 is 27.3 Å². The van der Waals surface area contributed by atoms with Gasteiger partial charge in [-0.05, 0) is 91.8 Å². The van der Waals surface area contributed by atoms with Crippen molar-refractivity contribution >= 4 is 33.2 Å². The number of fused-ring (bicyclic) bond motifs is 5. The number of aryl methyl sites for hydroxylation is 1. The van der Waals surface area contributed by atoms with Gasteiger partial charge in [0.1, 0.15) is 11.0 Å². The summed E-state index contributed by atoms with van der Waals surface area (Å²) in [6.07, 6.45) is 8.47. The first-order valence-electron chi connectivity index (χ1n) is 15.0. The van der Waals surface area contributed by atoms with E-state index in [0.717, 1.165) is 42.8 Å². The number of amides is 1. The number of allylic oxidation sites excluding steroid dienone is 1. The maximum absolute atomic E-state index is 13.4. The highest BCUT2D eigenvalue weighted by Crippen LogP contribution is 2.46. The summed E-state index contributed by atoms with van der Waals surface area (Å²) >= 11 is 6.38. The van der Waals surface area contributed by atoms with E-state index >= 15 is 0 Å². The predicted octanol–water partition coefficient (Wildman–Crippen LogP) is 4.23. The van der Waals surface area contributed by atoms with Crippen molar-refractivity contribution in [1.29, 1.82) is 0 Å². The molecule has 1 saturated carbocycles. The number of aliphatic hydroxyl groups is 1. The molecule has 10 heteroatoms. The van der Waals surface area contributed by atoms with Crippen molar-refractivity contribution in [2.45, 2.75) is 55.3 Å². The van der Waals surface area contributed by atoms with E-state index in [1.807, 2.05) is 18.2 Å². The second-order valence-corrected chi connectivity index (χ2v) is 15.1. The zero-order chi connectivity index (χ0) is 29.1. The number of anilines is 1. The zero-order valence-corrected chi connectivity index (χ0v) is 25.1. The summed E-state index contributed by atoms with van der Waals surface area (Å²) in [7, 11) is -3.99. The summed E-state index contributed by atoms with van der Waals surface area (Å²) in [5.74, 6) is 0.119. The SMILES string of the molecule is O=C1NS(=O)(=O)[C@H]2COC[C@@H]2C/C=C/[C@H](O)[C@@H]2CC[C@H]2CN2C[C@@]3(CCCc4cc(Cl)ccc43)COc3ccc1cc32. The van der Waals surface area contributed by atoms with Crippen LogP contribution in [0.4, 0.5) is 5.69 Å². The molecule has 6 atom stereocenters. The lowest BCUT2D eigenvalue weighted by atomic mass is 9.68. The summed E-state index contributed by atoms with van der Waals surface area (Å²) in [6, 6.07) is 11.3. The van der Waals surface area contributed by atoms with Gasteiger partial charge in [0, 0.05) is 35.0 Å². The Kier molecular flexibility index (Phi) is 7.28. The zero-order valence-electron chi connectivity index (χ0n) is 23.5. The molecule has 2 N–H and O–H groups in total. The summed E-state index contributed by atoms with van der Waals surface area (Å²) in [4.78, 5) is 15.7. The van der Waals surface area contributed by atoms with Gasteiger partial charge in [-0.25, -0.2) is 13.1 Å². The topological polar surface area (TPSA) is 105 Å². The second kappa shape index (κ2) is 10.8. The number of halogens is 1. The van der Waals surface area contributed by atoms with Gasteiger partial charge in [0.25, 0.3) is 5.91 Å². The number of carbonyl (C=O) groups excluding carboxylic acids is 1. The van der Waals surface area contributed by atoms with Crippen molar-refractivity contribution in [1.82, 2.24) is 4.72 Å². The van der Waals surface area contributed by atoms with Crippen molar-refractivity contribution in [3.8, 4) is 5.75 Å². The van der Waals surface area contributed by atoms with Crippen LogP contribution in [0, 0.1) is 17.8 Å². The first-order chi connectivity index (χ1) is 20.2. The van der Waals surface area contributed by atoms with Gasteiger partial charge < -0.3 is 19.5 Å². The average Bonchev–Trinajstić information content (AvgIpc) is 3.37. The average molecular weight is 613 g/mol. The van der Waals surface area contributed by atoms with Crippen molar-refractivity contribution < 1.29 is 27.8 Å². The normalized spacial score (nSPS) is 34.6. The maximum Gasteiger partial charge on any atom is 0.264 e. The Hall–Kier alpha value is -2.59. The second-order valence-electron chi connectivity index (χ2n) is 12.8. The number of hydrogen-bond acceptors (Lipinski definition) is 7. The van der Waals surface area contributed by atoms with Crippen LogP contribution in [-0.2, 0) is 26.6 Å². The Balaban J connectivity index is 1.29. The van der Waals surface area contributed by atoms with E-state index in [-0.39, 0.29) is 35.3 Å². The number of ether oxygens (including phenoxy) is 2. The number of hydrogen-bond donors (Lipinski definition) is 2. The smallest absolute Gasteiger partial charge is 0.264 e. The van der Waals surface area contributed by atoms with E-state index in [9.17, 15) is 18.3 Å². The molecule has 2 aliphatic carbocycles. The molecule has 8 nitrogen and oxygen atoms in total. The quantitative estimate of drug-likeness (QED) is 0.429. The highest BCUT2D eigenvalue weighted by atomic mass is 35.5. The molecule has 224 valence electrons. The Morgan fingerprint density at radius 1 is 1.10 bits per heavy atom. The Labute approximate surface area is 252 Å². The first-order valence-corrected chi connectivity index (χ1v) is 16.9. The molecule has 2 aromatic carbocycles. The number of benzene rings is 2. The molecule has 3 heterocycles. The van der Waals surface area contributed by atoms with Gasteiger partial charge in [-0.15, -0.1) is 0 Å². The van der Waals surface area contributed by atoms with Gasteiger partial charge in [0.15, 0.2) is 0 Å². The van der Waals surface area contributed by atoms with Crippen LogP contribution in [-0.4, -0.2) is 63.7 Å². The monoisotopic (exact) mass is 612 g/mol. The molecule has 1 spiro atoms. The van der Waals surface area contributed by atoms with E-state index in [4.69, 9.17) is 21.1 Å². The molecule has 7 rings (SSSR count). The van der Waals surface area contributed by atoms with Crippen LogP contribution in [0.3, 0.4) is 0 Å². The van der Waals surface area contributed by atoms with Crippen molar-refractivity contribution in [3.05, 3.63) is 70.3 Å². The van der Waals surface area contributed by atoms with Crippen LogP contribution in [0.15, 0.2) is 48.6 Å². The lowest BCUT2D eigenvalue weighted by molar-refractivity contribution is 0.0455. The molecule has 0 aromatic heterocycles. The molecule has 1 amide bonds. The van der Waals surface area contributed by atoms with Crippen LogP contribution in [0.1, 0.15) is 53.6 Å². The van der Waals surface area contributed by atoms with E-state index in [0.29, 0.717) is 38.5 Å². The highest BCUT2D eigenvalue weighted by Gasteiger charge is 2.45.